The third kappa shape index (κ3) is 1.33. The highest BCUT2D eigenvalue weighted by Crippen LogP contribution is 2.36. The monoisotopic (exact) mass is 214 g/mol. The van der Waals surface area contributed by atoms with Crippen LogP contribution in [0.2, 0.25) is 0 Å². The van der Waals surface area contributed by atoms with E-state index in [4.69, 9.17) is 5.26 Å². The fraction of sp³-hybridized carbons (Fsp3) is 0. The SMILES string of the molecule is N#Cc1cc([N+](=O)[O-])c(O)c2ccccc12. The topological polar surface area (TPSA) is 87.2 Å². The molecule has 5 heteroatoms. The smallest absolute Gasteiger partial charge is 0.312 e. The number of benzene rings is 2. The van der Waals surface area contributed by atoms with E-state index >= 15 is 0 Å². The summed E-state index contributed by atoms with van der Waals surface area (Å²) in [6.45, 7) is 0. The fourth-order valence-corrected chi connectivity index (χ4v) is 1.58. The van der Waals surface area contributed by atoms with Gasteiger partial charge in [-0.05, 0) is 0 Å². The molecular weight excluding hydrogens is 208 g/mol. The number of hydrogen-bond acceptors (Lipinski definition) is 4. The molecule has 0 aliphatic heterocycles. The minimum atomic E-state index is -0.706. The summed E-state index contributed by atoms with van der Waals surface area (Å²) in [4.78, 5) is 9.96. The molecule has 0 aromatic heterocycles. The van der Waals surface area contributed by atoms with Gasteiger partial charge in [0.2, 0.25) is 5.75 Å². The molecule has 2 aromatic carbocycles. The zero-order chi connectivity index (χ0) is 11.7. The minimum absolute atomic E-state index is 0.181. The number of phenolic OH excluding ortho intramolecular Hbond substituents is 1. The molecule has 0 amide bonds. The molecule has 0 fully saturated rings. The summed E-state index contributed by atoms with van der Waals surface area (Å²) in [6, 6.07) is 9.48. The van der Waals surface area contributed by atoms with Crippen LogP contribution in [0.1, 0.15) is 5.56 Å². The van der Waals surface area contributed by atoms with Crippen molar-refractivity contribution in [2.24, 2.45) is 0 Å². The van der Waals surface area contributed by atoms with E-state index < -0.39 is 16.4 Å². The van der Waals surface area contributed by atoms with Crippen molar-refractivity contribution in [1.82, 2.24) is 0 Å². The number of hydrogen-bond donors (Lipinski definition) is 1. The van der Waals surface area contributed by atoms with Crippen LogP contribution < -0.4 is 0 Å². The predicted octanol–water partition coefficient (Wildman–Crippen LogP) is 2.33. The predicted molar refractivity (Wildman–Crippen MR) is 57.0 cm³/mol. The highest BCUT2D eigenvalue weighted by atomic mass is 16.6. The maximum Gasteiger partial charge on any atom is 0.312 e. The van der Waals surface area contributed by atoms with E-state index in [0.717, 1.165) is 6.07 Å². The quantitative estimate of drug-likeness (QED) is 0.582. The van der Waals surface area contributed by atoms with Crippen molar-refractivity contribution < 1.29 is 10.0 Å². The number of nitro groups is 1. The number of fused-ring (bicyclic) bond motifs is 1. The van der Waals surface area contributed by atoms with Gasteiger partial charge in [-0.15, -0.1) is 0 Å². The Morgan fingerprint density at radius 1 is 1.31 bits per heavy atom. The maximum absolute atomic E-state index is 10.7. The first-order chi connectivity index (χ1) is 7.65. The summed E-state index contributed by atoms with van der Waals surface area (Å²) < 4.78 is 0. The van der Waals surface area contributed by atoms with Crippen LogP contribution in [0, 0.1) is 21.4 Å². The fourth-order valence-electron chi connectivity index (χ4n) is 1.58. The second kappa shape index (κ2) is 3.51. The molecule has 0 saturated heterocycles. The van der Waals surface area contributed by atoms with Crippen LogP contribution in [-0.4, -0.2) is 10.0 Å². The van der Waals surface area contributed by atoms with Crippen molar-refractivity contribution >= 4 is 16.5 Å². The molecular formula is C11H6N2O3. The molecule has 0 unspecified atom stereocenters. The zero-order valence-electron chi connectivity index (χ0n) is 8.04. The molecule has 78 valence electrons. The van der Waals surface area contributed by atoms with Gasteiger partial charge in [0.25, 0.3) is 0 Å². The first-order valence-electron chi connectivity index (χ1n) is 4.44. The van der Waals surface area contributed by atoms with E-state index in [2.05, 4.69) is 0 Å². The Balaban J connectivity index is 2.95. The summed E-state index contributed by atoms with van der Waals surface area (Å²) in [5.74, 6) is -0.403. The molecule has 2 aromatic rings. The minimum Gasteiger partial charge on any atom is -0.502 e. The molecule has 5 nitrogen and oxygen atoms in total. The van der Waals surface area contributed by atoms with Gasteiger partial charge >= 0.3 is 5.69 Å². The van der Waals surface area contributed by atoms with Crippen molar-refractivity contribution in [2.75, 3.05) is 0 Å². The first kappa shape index (κ1) is 9.93. The largest absolute Gasteiger partial charge is 0.502 e. The standard InChI is InChI=1S/C11H6N2O3/c12-6-7-5-10(13(15)16)11(14)9-4-2-1-3-8(7)9/h1-5,14H. The second-order valence-corrected chi connectivity index (χ2v) is 3.21. The molecule has 0 radical (unpaired) electrons. The van der Waals surface area contributed by atoms with Crippen molar-refractivity contribution in [2.45, 2.75) is 0 Å². The number of nitro benzene ring substituents is 1. The first-order valence-corrected chi connectivity index (χ1v) is 4.44. The number of aromatic hydroxyl groups is 1. The van der Waals surface area contributed by atoms with Crippen LogP contribution in [0.5, 0.6) is 5.75 Å². The van der Waals surface area contributed by atoms with Gasteiger partial charge < -0.3 is 5.11 Å². The Labute approximate surface area is 90.3 Å². The van der Waals surface area contributed by atoms with E-state index in [0.29, 0.717) is 10.8 Å². The Hall–Kier alpha value is -2.61. The number of nitriles is 1. The molecule has 0 atom stereocenters. The highest BCUT2D eigenvalue weighted by Gasteiger charge is 2.18. The summed E-state index contributed by atoms with van der Waals surface area (Å²) in [5, 5.41) is 30.1. The number of rotatable bonds is 1. The van der Waals surface area contributed by atoms with E-state index in [1.54, 1.807) is 24.3 Å². The summed E-state index contributed by atoms with van der Waals surface area (Å²) >= 11 is 0. The van der Waals surface area contributed by atoms with Crippen molar-refractivity contribution in [3.05, 3.63) is 46.0 Å². The van der Waals surface area contributed by atoms with Crippen molar-refractivity contribution in [3.63, 3.8) is 0 Å². The Morgan fingerprint density at radius 2 is 1.94 bits per heavy atom. The summed E-state index contributed by atoms with van der Waals surface area (Å²) in [5.41, 5.74) is -0.268. The lowest BCUT2D eigenvalue weighted by atomic mass is 10.0. The zero-order valence-corrected chi connectivity index (χ0v) is 8.04. The Morgan fingerprint density at radius 3 is 2.50 bits per heavy atom. The van der Waals surface area contributed by atoms with Gasteiger partial charge in [0.1, 0.15) is 6.07 Å². The molecule has 16 heavy (non-hydrogen) atoms. The second-order valence-electron chi connectivity index (χ2n) is 3.21. The van der Waals surface area contributed by atoms with Crippen LogP contribution in [0.15, 0.2) is 30.3 Å². The van der Waals surface area contributed by atoms with Crippen LogP contribution in [0.25, 0.3) is 10.8 Å². The van der Waals surface area contributed by atoms with Crippen molar-refractivity contribution in [3.8, 4) is 11.8 Å². The number of nitrogens with zero attached hydrogens (tertiary/aromatic N) is 2. The van der Waals surface area contributed by atoms with Gasteiger partial charge in [-0.25, -0.2) is 0 Å². The number of phenols is 1. The highest BCUT2D eigenvalue weighted by molar-refractivity contribution is 5.95. The summed E-state index contributed by atoms with van der Waals surface area (Å²) in [7, 11) is 0. The van der Waals surface area contributed by atoms with Crippen LogP contribution in [0.4, 0.5) is 5.69 Å². The third-order valence-corrected chi connectivity index (χ3v) is 2.31. The molecule has 0 spiro atoms. The Kier molecular flexibility index (Phi) is 2.18. The normalized spacial score (nSPS) is 9.94. The third-order valence-electron chi connectivity index (χ3n) is 2.31. The molecule has 1 N–H and O–H groups in total. The lowest BCUT2D eigenvalue weighted by molar-refractivity contribution is -0.385. The Bertz CT molecular complexity index is 629. The van der Waals surface area contributed by atoms with Crippen LogP contribution in [0.3, 0.4) is 0 Å². The average Bonchev–Trinajstić information content (AvgIpc) is 2.29. The van der Waals surface area contributed by atoms with E-state index in [9.17, 15) is 15.2 Å². The molecule has 0 saturated carbocycles. The molecule has 0 heterocycles. The molecule has 0 bridgehead atoms. The lowest BCUT2D eigenvalue weighted by Crippen LogP contribution is -1.91. The molecule has 0 aliphatic carbocycles. The van der Waals surface area contributed by atoms with Crippen LogP contribution >= 0.6 is 0 Å². The van der Waals surface area contributed by atoms with Gasteiger partial charge in [-0.2, -0.15) is 5.26 Å². The molecule has 2 rings (SSSR count). The summed E-state index contributed by atoms with van der Waals surface area (Å²) in [6.07, 6.45) is 0. The van der Waals surface area contributed by atoms with Crippen molar-refractivity contribution in [1.29, 1.82) is 5.26 Å². The van der Waals surface area contributed by atoms with Gasteiger partial charge in [0, 0.05) is 16.8 Å². The van der Waals surface area contributed by atoms with Crippen LogP contribution in [-0.2, 0) is 0 Å². The average molecular weight is 214 g/mol. The van der Waals surface area contributed by atoms with Gasteiger partial charge in [0.15, 0.2) is 0 Å². The van der Waals surface area contributed by atoms with Gasteiger partial charge in [-0.3, -0.25) is 10.1 Å². The van der Waals surface area contributed by atoms with Gasteiger partial charge in [0.05, 0.1) is 10.5 Å². The van der Waals surface area contributed by atoms with E-state index in [1.165, 1.54) is 0 Å². The van der Waals surface area contributed by atoms with Gasteiger partial charge in [-0.1, -0.05) is 24.3 Å². The maximum atomic E-state index is 10.7. The lowest BCUT2D eigenvalue weighted by Gasteiger charge is -2.03. The van der Waals surface area contributed by atoms with E-state index in [-0.39, 0.29) is 5.56 Å². The van der Waals surface area contributed by atoms with E-state index in [1.807, 2.05) is 6.07 Å². The molecule has 0 aliphatic rings.